The highest BCUT2D eigenvalue weighted by atomic mass is 16.5. The third-order valence-electron chi connectivity index (χ3n) is 4.81. The minimum absolute atomic E-state index is 0.114. The monoisotopic (exact) mass is 391 g/mol. The number of methoxy groups -OCH3 is 1. The molecule has 1 aromatic carbocycles. The maximum Gasteiger partial charge on any atom is 0.229 e. The van der Waals surface area contributed by atoms with Crippen LogP contribution in [0.2, 0.25) is 0 Å². The van der Waals surface area contributed by atoms with Crippen molar-refractivity contribution in [3.63, 3.8) is 0 Å². The number of anilines is 2. The number of benzene rings is 1. The lowest BCUT2D eigenvalue weighted by Gasteiger charge is -2.17. The van der Waals surface area contributed by atoms with E-state index in [-0.39, 0.29) is 18.2 Å². The molecule has 0 radical (unpaired) electrons. The Labute approximate surface area is 168 Å². The second kappa shape index (κ2) is 7.75. The quantitative estimate of drug-likeness (QED) is 0.722. The van der Waals surface area contributed by atoms with Gasteiger partial charge >= 0.3 is 0 Å². The zero-order valence-electron chi connectivity index (χ0n) is 16.2. The normalized spacial score (nSPS) is 16.1. The molecule has 2 aromatic heterocycles. The SMILES string of the molecule is COc1ccc(NC(=O)[C@H]2CC(=O)N(c3cc(C)nn3-c3ccccn3)C2)cc1. The number of pyridine rings is 1. The van der Waals surface area contributed by atoms with Crippen molar-refractivity contribution in [3.05, 3.63) is 60.4 Å². The number of rotatable bonds is 5. The fraction of sp³-hybridized carbons (Fsp3) is 0.238. The van der Waals surface area contributed by atoms with Crippen LogP contribution in [0.3, 0.4) is 0 Å². The molecule has 0 saturated carbocycles. The van der Waals surface area contributed by atoms with Crippen molar-refractivity contribution in [1.29, 1.82) is 0 Å². The van der Waals surface area contributed by atoms with Crippen molar-refractivity contribution in [2.75, 3.05) is 23.9 Å². The van der Waals surface area contributed by atoms with E-state index < -0.39 is 5.92 Å². The van der Waals surface area contributed by atoms with Crippen molar-refractivity contribution >= 4 is 23.3 Å². The molecule has 0 aliphatic carbocycles. The van der Waals surface area contributed by atoms with Crippen LogP contribution in [0.4, 0.5) is 11.5 Å². The maximum absolute atomic E-state index is 12.7. The zero-order chi connectivity index (χ0) is 20.4. The first kappa shape index (κ1) is 18.7. The molecule has 2 amide bonds. The van der Waals surface area contributed by atoms with E-state index in [0.29, 0.717) is 29.6 Å². The zero-order valence-corrected chi connectivity index (χ0v) is 16.2. The number of carbonyl (C=O) groups excluding carboxylic acids is 2. The van der Waals surface area contributed by atoms with Gasteiger partial charge in [0.2, 0.25) is 11.8 Å². The van der Waals surface area contributed by atoms with Gasteiger partial charge in [0.05, 0.1) is 18.7 Å². The standard InChI is InChI=1S/C21H21N5O3/c1-14-11-19(26(24-14)18-5-3-4-10-22-18)25-13-15(12-20(25)27)21(28)23-16-6-8-17(29-2)9-7-16/h3-11,15H,12-13H2,1-2H3,(H,23,28)/t15-/m0/s1. The predicted octanol–water partition coefficient (Wildman–Crippen LogP) is 2.58. The van der Waals surface area contributed by atoms with Gasteiger partial charge in [-0.05, 0) is 43.3 Å². The largest absolute Gasteiger partial charge is 0.497 e. The molecule has 1 aliphatic heterocycles. The summed E-state index contributed by atoms with van der Waals surface area (Å²) in [6.45, 7) is 2.15. The van der Waals surface area contributed by atoms with Crippen molar-refractivity contribution in [3.8, 4) is 11.6 Å². The molecule has 4 rings (SSSR count). The van der Waals surface area contributed by atoms with E-state index in [1.54, 1.807) is 47.2 Å². The van der Waals surface area contributed by atoms with E-state index in [0.717, 1.165) is 5.69 Å². The smallest absolute Gasteiger partial charge is 0.229 e. The summed E-state index contributed by atoms with van der Waals surface area (Å²) in [5.74, 6) is 1.20. The number of ether oxygens (including phenoxy) is 1. The number of aromatic nitrogens is 3. The summed E-state index contributed by atoms with van der Waals surface area (Å²) < 4.78 is 6.76. The lowest BCUT2D eigenvalue weighted by atomic mass is 10.1. The van der Waals surface area contributed by atoms with Crippen LogP contribution in [0.5, 0.6) is 5.75 Å². The van der Waals surface area contributed by atoms with Gasteiger partial charge in [-0.3, -0.25) is 14.5 Å². The minimum atomic E-state index is -0.447. The Balaban J connectivity index is 1.52. The minimum Gasteiger partial charge on any atom is -0.497 e. The van der Waals surface area contributed by atoms with Crippen LogP contribution < -0.4 is 15.0 Å². The third kappa shape index (κ3) is 3.82. The summed E-state index contributed by atoms with van der Waals surface area (Å²) in [6.07, 6.45) is 1.82. The Morgan fingerprint density at radius 3 is 2.69 bits per heavy atom. The summed E-state index contributed by atoms with van der Waals surface area (Å²) in [4.78, 5) is 31.3. The molecular formula is C21H21N5O3. The second-order valence-corrected chi connectivity index (χ2v) is 6.87. The number of hydrogen-bond acceptors (Lipinski definition) is 5. The average molecular weight is 391 g/mol. The Morgan fingerprint density at radius 1 is 1.21 bits per heavy atom. The third-order valence-corrected chi connectivity index (χ3v) is 4.81. The summed E-state index contributed by atoms with van der Waals surface area (Å²) in [5.41, 5.74) is 1.43. The van der Waals surface area contributed by atoms with Gasteiger partial charge < -0.3 is 10.1 Å². The van der Waals surface area contributed by atoms with Crippen molar-refractivity contribution in [1.82, 2.24) is 14.8 Å². The van der Waals surface area contributed by atoms with E-state index in [9.17, 15) is 9.59 Å². The first-order chi connectivity index (χ1) is 14.0. The molecule has 3 aromatic rings. The summed E-state index contributed by atoms with van der Waals surface area (Å²) in [6, 6.07) is 14.4. The first-order valence-corrected chi connectivity index (χ1v) is 9.28. The van der Waals surface area contributed by atoms with Gasteiger partial charge in [-0.2, -0.15) is 9.78 Å². The van der Waals surface area contributed by atoms with E-state index in [1.807, 2.05) is 31.2 Å². The average Bonchev–Trinajstić information content (AvgIpc) is 3.31. The molecule has 3 heterocycles. The van der Waals surface area contributed by atoms with Gasteiger partial charge in [-0.1, -0.05) is 6.07 Å². The Hall–Kier alpha value is -3.68. The van der Waals surface area contributed by atoms with E-state index in [2.05, 4.69) is 15.4 Å². The molecule has 8 nitrogen and oxygen atoms in total. The van der Waals surface area contributed by atoms with E-state index in [1.165, 1.54) is 0 Å². The van der Waals surface area contributed by atoms with Gasteiger partial charge in [0.15, 0.2) is 5.82 Å². The van der Waals surface area contributed by atoms with E-state index >= 15 is 0 Å². The summed E-state index contributed by atoms with van der Waals surface area (Å²) in [7, 11) is 1.59. The van der Waals surface area contributed by atoms with Crippen LogP contribution in [0.25, 0.3) is 5.82 Å². The predicted molar refractivity (Wildman–Crippen MR) is 108 cm³/mol. The number of carbonyl (C=O) groups is 2. The highest BCUT2D eigenvalue weighted by molar-refractivity contribution is 6.03. The van der Waals surface area contributed by atoms with Gasteiger partial charge in [0, 0.05) is 30.9 Å². The molecule has 1 fully saturated rings. The molecule has 1 N–H and O–H groups in total. The van der Waals surface area contributed by atoms with Gasteiger partial charge in [-0.15, -0.1) is 0 Å². The number of nitrogens with one attached hydrogen (secondary N) is 1. The van der Waals surface area contributed by atoms with Crippen LogP contribution in [0.1, 0.15) is 12.1 Å². The fourth-order valence-electron chi connectivity index (χ4n) is 3.35. The van der Waals surface area contributed by atoms with Crippen LogP contribution in [0.15, 0.2) is 54.7 Å². The molecular weight excluding hydrogens is 370 g/mol. The highest BCUT2D eigenvalue weighted by Crippen LogP contribution is 2.28. The first-order valence-electron chi connectivity index (χ1n) is 9.28. The second-order valence-electron chi connectivity index (χ2n) is 6.87. The maximum atomic E-state index is 12.7. The number of nitrogens with zero attached hydrogens (tertiary/aromatic N) is 4. The van der Waals surface area contributed by atoms with Gasteiger partial charge in [0.1, 0.15) is 11.6 Å². The van der Waals surface area contributed by atoms with Crippen LogP contribution in [0, 0.1) is 12.8 Å². The number of amides is 2. The Morgan fingerprint density at radius 2 is 2.00 bits per heavy atom. The molecule has 8 heteroatoms. The van der Waals surface area contributed by atoms with Gasteiger partial charge in [0.25, 0.3) is 0 Å². The van der Waals surface area contributed by atoms with Crippen molar-refractivity contribution in [2.24, 2.45) is 5.92 Å². The Bertz CT molecular complexity index is 1030. The molecule has 29 heavy (non-hydrogen) atoms. The topological polar surface area (TPSA) is 89.4 Å². The molecule has 1 aliphatic rings. The summed E-state index contributed by atoms with van der Waals surface area (Å²) in [5, 5.41) is 7.33. The molecule has 148 valence electrons. The van der Waals surface area contributed by atoms with Crippen molar-refractivity contribution in [2.45, 2.75) is 13.3 Å². The molecule has 0 unspecified atom stereocenters. The van der Waals surface area contributed by atoms with Crippen LogP contribution >= 0.6 is 0 Å². The molecule has 0 bridgehead atoms. The van der Waals surface area contributed by atoms with E-state index in [4.69, 9.17) is 4.74 Å². The molecule has 1 atom stereocenters. The highest BCUT2D eigenvalue weighted by Gasteiger charge is 2.37. The lowest BCUT2D eigenvalue weighted by molar-refractivity contribution is -0.122. The summed E-state index contributed by atoms with van der Waals surface area (Å²) >= 11 is 0. The lowest BCUT2D eigenvalue weighted by Crippen LogP contribution is -2.29. The van der Waals surface area contributed by atoms with Gasteiger partial charge in [-0.25, -0.2) is 4.98 Å². The van der Waals surface area contributed by atoms with Crippen molar-refractivity contribution < 1.29 is 14.3 Å². The number of aryl methyl sites for hydroxylation is 1. The van der Waals surface area contributed by atoms with Crippen LogP contribution in [-0.4, -0.2) is 40.2 Å². The Kier molecular flexibility index (Phi) is 4.99. The fourth-order valence-corrected chi connectivity index (χ4v) is 3.35. The number of hydrogen-bond donors (Lipinski definition) is 1. The van der Waals surface area contributed by atoms with Crippen LogP contribution in [-0.2, 0) is 9.59 Å². The molecule has 1 saturated heterocycles. The molecule has 0 spiro atoms.